The third-order valence-electron chi connectivity index (χ3n) is 4.04. The summed E-state index contributed by atoms with van der Waals surface area (Å²) in [5.41, 5.74) is 2.65. The Bertz CT molecular complexity index is 564. The van der Waals surface area contributed by atoms with Gasteiger partial charge < -0.3 is 9.90 Å². The van der Waals surface area contributed by atoms with Gasteiger partial charge >= 0.3 is 5.97 Å². The zero-order chi connectivity index (χ0) is 23.0. The van der Waals surface area contributed by atoms with Gasteiger partial charge in [0.05, 0.1) is 0 Å². The quantitative estimate of drug-likeness (QED) is 0.409. The van der Waals surface area contributed by atoms with Crippen molar-refractivity contribution in [1.29, 1.82) is 0 Å². The molecule has 0 aliphatic heterocycles. The molecule has 2 rings (SSSR count). The first-order valence-electron chi connectivity index (χ1n) is 11.4. The number of hydrogen-bond donors (Lipinski definition) is 1. The van der Waals surface area contributed by atoms with Gasteiger partial charge in [-0.05, 0) is 56.6 Å². The van der Waals surface area contributed by atoms with E-state index in [-0.39, 0.29) is 6.42 Å². The second-order valence-corrected chi connectivity index (χ2v) is 6.48. The predicted molar refractivity (Wildman–Crippen MR) is 129 cm³/mol. The maximum absolute atomic E-state index is 10.7. The number of Topliss-reactive ketones (excluding diaryl/α,β-unsaturated/α-hetero) is 1. The van der Waals surface area contributed by atoms with Crippen LogP contribution in [0, 0.1) is 0 Å². The van der Waals surface area contributed by atoms with Crippen LogP contribution < -0.4 is 0 Å². The molecule has 1 N–H and O–H groups in total. The van der Waals surface area contributed by atoms with E-state index < -0.39 is 5.97 Å². The molecule has 0 saturated carbocycles. The summed E-state index contributed by atoms with van der Waals surface area (Å²) in [4.78, 5) is 20.9. The minimum atomic E-state index is -0.701. The van der Waals surface area contributed by atoms with Crippen molar-refractivity contribution >= 4 is 11.8 Å². The van der Waals surface area contributed by atoms with Gasteiger partial charge in [-0.15, -0.1) is 0 Å². The number of aryl methyl sites for hydroxylation is 2. The molecular weight excluding hydrogens is 372 g/mol. The second-order valence-electron chi connectivity index (χ2n) is 6.48. The molecule has 0 unspecified atom stereocenters. The summed E-state index contributed by atoms with van der Waals surface area (Å²) < 4.78 is 0. The Hall–Kier alpha value is -2.42. The van der Waals surface area contributed by atoms with Crippen molar-refractivity contribution in [2.24, 2.45) is 0 Å². The monoisotopic (exact) mass is 414 g/mol. The molecule has 168 valence electrons. The summed E-state index contributed by atoms with van der Waals surface area (Å²) in [6.07, 6.45) is 6.94. The highest BCUT2D eigenvalue weighted by Crippen LogP contribution is 2.06. The number of carboxylic acid groups (broad SMARTS) is 1. The van der Waals surface area contributed by atoms with Gasteiger partial charge in [-0.3, -0.25) is 4.79 Å². The van der Waals surface area contributed by atoms with E-state index in [0.29, 0.717) is 5.78 Å². The van der Waals surface area contributed by atoms with Crippen LogP contribution in [0.25, 0.3) is 0 Å². The maximum atomic E-state index is 10.7. The Kier molecular flexibility index (Phi) is 22.7. The van der Waals surface area contributed by atoms with Crippen LogP contribution in [0.15, 0.2) is 60.7 Å². The highest BCUT2D eigenvalue weighted by molar-refractivity contribution is 5.75. The number of aliphatic carboxylic acids is 1. The molecule has 30 heavy (non-hydrogen) atoms. The van der Waals surface area contributed by atoms with Crippen LogP contribution >= 0.6 is 0 Å². The van der Waals surface area contributed by atoms with E-state index in [2.05, 4.69) is 36.4 Å². The van der Waals surface area contributed by atoms with Gasteiger partial charge in [0.25, 0.3) is 0 Å². The van der Waals surface area contributed by atoms with Crippen LogP contribution in [-0.2, 0) is 22.4 Å². The van der Waals surface area contributed by atoms with Gasteiger partial charge in [0, 0.05) is 12.8 Å². The molecule has 0 aliphatic rings. The summed E-state index contributed by atoms with van der Waals surface area (Å²) >= 11 is 0. The van der Waals surface area contributed by atoms with E-state index in [4.69, 9.17) is 5.11 Å². The molecular formula is C27H42O3. The average Bonchev–Trinajstić information content (AvgIpc) is 2.79. The standard InChI is InChI=1S/C12H16O.C11H14O2.2C2H6/c1-11(13)7-5-6-10-12-8-3-2-4-9-12;12-11(13)9-5-4-8-10-6-2-1-3-7-10;2*1-2/h2-4,8-9H,5-7,10H2,1H3;1-3,6-7H,4-5,8-9H2,(H,12,13);2*1-2H3. The minimum absolute atomic E-state index is 0.285. The van der Waals surface area contributed by atoms with Crippen LogP contribution in [0.5, 0.6) is 0 Å². The fraction of sp³-hybridized carbons (Fsp3) is 0.481. The van der Waals surface area contributed by atoms with Gasteiger partial charge in [-0.25, -0.2) is 0 Å². The van der Waals surface area contributed by atoms with E-state index in [1.165, 1.54) is 11.1 Å². The van der Waals surface area contributed by atoms with Crippen LogP contribution in [0.2, 0.25) is 0 Å². The first kappa shape index (κ1) is 29.8. The number of unbranched alkanes of at least 4 members (excludes halogenated alkanes) is 2. The van der Waals surface area contributed by atoms with Crippen LogP contribution in [0.4, 0.5) is 0 Å². The lowest BCUT2D eigenvalue weighted by Crippen LogP contribution is -1.94. The Morgan fingerprint density at radius 3 is 1.33 bits per heavy atom. The minimum Gasteiger partial charge on any atom is -0.481 e. The van der Waals surface area contributed by atoms with Crippen molar-refractivity contribution in [3.63, 3.8) is 0 Å². The fourth-order valence-electron chi connectivity index (χ4n) is 2.60. The second kappa shape index (κ2) is 22.9. The van der Waals surface area contributed by atoms with E-state index in [1.54, 1.807) is 6.92 Å². The first-order valence-corrected chi connectivity index (χ1v) is 11.4. The summed E-state index contributed by atoms with van der Waals surface area (Å²) in [6, 6.07) is 20.5. The largest absolute Gasteiger partial charge is 0.481 e. The summed E-state index contributed by atoms with van der Waals surface area (Å²) in [5.74, 6) is -0.402. The zero-order valence-electron chi connectivity index (χ0n) is 19.7. The van der Waals surface area contributed by atoms with Crippen LogP contribution in [-0.4, -0.2) is 16.9 Å². The van der Waals surface area contributed by atoms with Gasteiger partial charge in [0.1, 0.15) is 5.78 Å². The number of ketones is 1. The van der Waals surface area contributed by atoms with E-state index in [1.807, 2.05) is 52.0 Å². The first-order chi connectivity index (χ1) is 14.6. The van der Waals surface area contributed by atoms with E-state index in [0.717, 1.165) is 44.9 Å². The molecule has 0 amide bonds. The molecule has 0 aliphatic carbocycles. The molecule has 0 aromatic heterocycles. The Morgan fingerprint density at radius 1 is 0.633 bits per heavy atom. The fourth-order valence-corrected chi connectivity index (χ4v) is 2.60. The van der Waals surface area contributed by atoms with Crippen molar-refractivity contribution in [1.82, 2.24) is 0 Å². The van der Waals surface area contributed by atoms with Crippen molar-refractivity contribution in [2.45, 2.75) is 86.0 Å². The van der Waals surface area contributed by atoms with Crippen molar-refractivity contribution in [3.05, 3.63) is 71.8 Å². The summed E-state index contributed by atoms with van der Waals surface area (Å²) in [5, 5.41) is 8.41. The molecule has 0 atom stereocenters. The highest BCUT2D eigenvalue weighted by Gasteiger charge is 1.97. The molecule has 3 nitrogen and oxygen atoms in total. The van der Waals surface area contributed by atoms with Gasteiger partial charge in [0.15, 0.2) is 0 Å². The van der Waals surface area contributed by atoms with E-state index in [9.17, 15) is 9.59 Å². The molecule has 0 saturated heterocycles. The molecule has 0 heterocycles. The third-order valence-corrected chi connectivity index (χ3v) is 4.04. The van der Waals surface area contributed by atoms with Crippen molar-refractivity contribution < 1.29 is 14.7 Å². The average molecular weight is 415 g/mol. The van der Waals surface area contributed by atoms with Crippen LogP contribution in [0.3, 0.4) is 0 Å². The highest BCUT2D eigenvalue weighted by atomic mass is 16.4. The summed E-state index contributed by atoms with van der Waals surface area (Å²) in [6.45, 7) is 9.66. The van der Waals surface area contributed by atoms with Crippen molar-refractivity contribution in [3.8, 4) is 0 Å². The molecule has 0 bridgehead atoms. The Morgan fingerprint density at radius 2 is 1.00 bits per heavy atom. The Balaban J connectivity index is 0. The molecule has 0 radical (unpaired) electrons. The molecule has 0 fully saturated rings. The molecule has 3 heteroatoms. The SMILES string of the molecule is CC.CC.CC(=O)CCCCc1ccccc1.O=C(O)CCCCc1ccccc1. The summed E-state index contributed by atoms with van der Waals surface area (Å²) in [7, 11) is 0. The number of rotatable bonds is 10. The predicted octanol–water partition coefficient (Wildman–Crippen LogP) is 7.52. The van der Waals surface area contributed by atoms with Crippen LogP contribution in [0.1, 0.15) is 84.3 Å². The molecule has 2 aromatic rings. The number of carbonyl (C=O) groups is 2. The Labute approximate surface area is 184 Å². The third kappa shape index (κ3) is 20.3. The molecule has 0 spiro atoms. The molecule has 2 aromatic carbocycles. The van der Waals surface area contributed by atoms with Gasteiger partial charge in [-0.2, -0.15) is 0 Å². The lowest BCUT2D eigenvalue weighted by atomic mass is 10.1. The normalized spacial score (nSPS) is 8.97. The number of benzene rings is 2. The number of carbonyl (C=O) groups excluding carboxylic acids is 1. The topological polar surface area (TPSA) is 54.4 Å². The maximum Gasteiger partial charge on any atom is 0.303 e. The lowest BCUT2D eigenvalue weighted by molar-refractivity contribution is -0.137. The smallest absolute Gasteiger partial charge is 0.303 e. The number of hydrogen-bond acceptors (Lipinski definition) is 2. The lowest BCUT2D eigenvalue weighted by Gasteiger charge is -1.99. The van der Waals surface area contributed by atoms with Gasteiger partial charge in [0.2, 0.25) is 0 Å². The van der Waals surface area contributed by atoms with Gasteiger partial charge in [-0.1, -0.05) is 88.4 Å². The van der Waals surface area contributed by atoms with Crippen molar-refractivity contribution in [2.75, 3.05) is 0 Å². The number of carboxylic acids is 1. The zero-order valence-corrected chi connectivity index (χ0v) is 19.7. The van der Waals surface area contributed by atoms with E-state index >= 15 is 0 Å².